The number of likely N-dealkylation sites (tertiary alicyclic amines) is 1. The van der Waals surface area contributed by atoms with E-state index in [4.69, 9.17) is 4.74 Å². The van der Waals surface area contributed by atoms with Crippen molar-refractivity contribution in [2.75, 3.05) is 26.2 Å². The molecular formula is C17H34N2O. The van der Waals surface area contributed by atoms with Gasteiger partial charge in [0.2, 0.25) is 0 Å². The molecule has 1 N–H and O–H groups in total. The van der Waals surface area contributed by atoms with E-state index in [1.165, 1.54) is 64.5 Å². The van der Waals surface area contributed by atoms with Gasteiger partial charge in [-0.05, 0) is 51.6 Å². The molecular weight excluding hydrogens is 248 g/mol. The van der Waals surface area contributed by atoms with Gasteiger partial charge in [0.1, 0.15) is 0 Å². The maximum absolute atomic E-state index is 6.23. The third kappa shape index (κ3) is 5.01. The van der Waals surface area contributed by atoms with Gasteiger partial charge in [-0.2, -0.15) is 0 Å². The second-order valence-corrected chi connectivity index (χ2v) is 6.59. The number of hydrogen-bond acceptors (Lipinski definition) is 3. The van der Waals surface area contributed by atoms with Crippen LogP contribution in [0.2, 0.25) is 0 Å². The van der Waals surface area contributed by atoms with Gasteiger partial charge in [0.05, 0.1) is 12.2 Å². The number of piperidine rings is 1. The molecule has 3 atom stereocenters. The zero-order chi connectivity index (χ0) is 14.2. The van der Waals surface area contributed by atoms with Crippen LogP contribution < -0.4 is 5.32 Å². The van der Waals surface area contributed by atoms with Gasteiger partial charge in [0.25, 0.3) is 0 Å². The van der Waals surface area contributed by atoms with Crippen molar-refractivity contribution in [2.24, 2.45) is 0 Å². The maximum atomic E-state index is 6.23. The molecule has 0 radical (unpaired) electrons. The summed E-state index contributed by atoms with van der Waals surface area (Å²) in [4.78, 5) is 2.72. The van der Waals surface area contributed by atoms with Crippen LogP contribution in [0, 0.1) is 0 Å². The molecule has 0 spiro atoms. The van der Waals surface area contributed by atoms with Crippen molar-refractivity contribution in [2.45, 2.75) is 83.5 Å². The second-order valence-electron chi connectivity index (χ2n) is 6.59. The van der Waals surface area contributed by atoms with Crippen molar-refractivity contribution in [3.8, 4) is 0 Å². The molecule has 3 unspecified atom stereocenters. The van der Waals surface area contributed by atoms with Crippen LogP contribution in [0.1, 0.15) is 65.2 Å². The Balaban J connectivity index is 1.70. The third-order valence-corrected chi connectivity index (χ3v) is 4.80. The van der Waals surface area contributed by atoms with Gasteiger partial charge in [0.15, 0.2) is 0 Å². The van der Waals surface area contributed by atoms with Crippen molar-refractivity contribution in [1.82, 2.24) is 10.2 Å². The number of hydrogen-bond donors (Lipinski definition) is 1. The Morgan fingerprint density at radius 2 is 1.90 bits per heavy atom. The van der Waals surface area contributed by atoms with E-state index in [2.05, 4.69) is 24.1 Å². The predicted octanol–water partition coefficient (Wildman–Crippen LogP) is 3.19. The minimum Gasteiger partial charge on any atom is -0.372 e. The lowest BCUT2D eigenvalue weighted by molar-refractivity contribution is 0.00625. The van der Waals surface area contributed by atoms with E-state index in [0.29, 0.717) is 12.2 Å². The average molecular weight is 282 g/mol. The van der Waals surface area contributed by atoms with Gasteiger partial charge >= 0.3 is 0 Å². The van der Waals surface area contributed by atoms with Crippen molar-refractivity contribution in [3.05, 3.63) is 0 Å². The van der Waals surface area contributed by atoms with Gasteiger partial charge in [-0.3, -0.25) is 4.90 Å². The standard InChI is InChI=1S/C17H34N2O/c1-3-7-15-8-5-6-12-19(15)14-17-10-9-16(20-17)13-18-11-4-2/h15-18H,3-14H2,1-2H3. The quantitative estimate of drug-likeness (QED) is 0.692. The van der Waals surface area contributed by atoms with Gasteiger partial charge < -0.3 is 10.1 Å². The monoisotopic (exact) mass is 282 g/mol. The molecule has 0 aliphatic carbocycles. The molecule has 0 aromatic carbocycles. The highest BCUT2D eigenvalue weighted by Gasteiger charge is 2.29. The Bertz CT molecular complexity index is 257. The van der Waals surface area contributed by atoms with Gasteiger partial charge in [0, 0.05) is 19.1 Å². The average Bonchev–Trinajstić information content (AvgIpc) is 2.89. The summed E-state index contributed by atoms with van der Waals surface area (Å²) < 4.78 is 6.23. The zero-order valence-corrected chi connectivity index (χ0v) is 13.6. The normalized spacial score (nSPS) is 31.8. The van der Waals surface area contributed by atoms with Crippen molar-refractivity contribution < 1.29 is 4.74 Å². The minimum atomic E-state index is 0.459. The highest BCUT2D eigenvalue weighted by atomic mass is 16.5. The summed E-state index contributed by atoms with van der Waals surface area (Å²) in [6.07, 6.45) is 11.6. The largest absolute Gasteiger partial charge is 0.372 e. The van der Waals surface area contributed by atoms with E-state index in [-0.39, 0.29) is 0 Å². The first-order valence-corrected chi connectivity index (χ1v) is 8.93. The summed E-state index contributed by atoms with van der Waals surface area (Å²) in [5.74, 6) is 0. The molecule has 0 saturated carbocycles. The maximum Gasteiger partial charge on any atom is 0.0707 e. The summed E-state index contributed by atoms with van der Waals surface area (Å²) in [5, 5.41) is 3.49. The van der Waals surface area contributed by atoms with Crippen molar-refractivity contribution in [1.29, 1.82) is 0 Å². The van der Waals surface area contributed by atoms with Crippen LogP contribution >= 0.6 is 0 Å². The number of nitrogens with one attached hydrogen (secondary N) is 1. The molecule has 2 heterocycles. The first-order valence-electron chi connectivity index (χ1n) is 8.93. The Morgan fingerprint density at radius 3 is 2.70 bits per heavy atom. The highest BCUT2D eigenvalue weighted by Crippen LogP contribution is 2.25. The molecule has 3 heteroatoms. The lowest BCUT2D eigenvalue weighted by atomic mass is 9.97. The lowest BCUT2D eigenvalue weighted by Gasteiger charge is -2.37. The molecule has 2 fully saturated rings. The summed E-state index contributed by atoms with van der Waals surface area (Å²) in [6, 6.07) is 0.828. The van der Waals surface area contributed by atoms with Crippen LogP contribution in [0.5, 0.6) is 0 Å². The third-order valence-electron chi connectivity index (χ3n) is 4.80. The van der Waals surface area contributed by atoms with Crippen LogP contribution in [0.3, 0.4) is 0 Å². The Hall–Kier alpha value is -0.120. The SMILES string of the molecule is CCCNCC1CCC(CN2CCCCC2CCC)O1. The first-order chi connectivity index (χ1) is 9.83. The highest BCUT2D eigenvalue weighted by molar-refractivity contribution is 4.83. The lowest BCUT2D eigenvalue weighted by Crippen LogP contribution is -2.43. The molecule has 2 saturated heterocycles. The summed E-state index contributed by atoms with van der Waals surface area (Å²) in [6.45, 7) is 9.17. The predicted molar refractivity (Wildman–Crippen MR) is 85.2 cm³/mol. The molecule has 0 bridgehead atoms. The van der Waals surface area contributed by atoms with Gasteiger partial charge in [-0.25, -0.2) is 0 Å². The van der Waals surface area contributed by atoms with E-state index in [9.17, 15) is 0 Å². The Kier molecular flexibility index (Phi) is 7.32. The Morgan fingerprint density at radius 1 is 1.05 bits per heavy atom. The van der Waals surface area contributed by atoms with Crippen LogP contribution in [0.15, 0.2) is 0 Å². The molecule has 2 rings (SSSR count). The fourth-order valence-electron chi connectivity index (χ4n) is 3.73. The molecule has 0 aromatic heterocycles. The molecule has 0 aromatic rings. The van der Waals surface area contributed by atoms with Crippen LogP contribution in [0.25, 0.3) is 0 Å². The van der Waals surface area contributed by atoms with Crippen LogP contribution in [-0.4, -0.2) is 49.3 Å². The van der Waals surface area contributed by atoms with Crippen LogP contribution in [-0.2, 0) is 4.74 Å². The molecule has 20 heavy (non-hydrogen) atoms. The fourth-order valence-corrected chi connectivity index (χ4v) is 3.73. The number of ether oxygens (including phenoxy) is 1. The number of nitrogens with zero attached hydrogens (tertiary/aromatic N) is 1. The van der Waals surface area contributed by atoms with E-state index in [0.717, 1.165) is 19.1 Å². The molecule has 2 aliphatic rings. The first kappa shape index (κ1) is 16.3. The topological polar surface area (TPSA) is 24.5 Å². The van der Waals surface area contributed by atoms with E-state index < -0.39 is 0 Å². The molecule has 2 aliphatic heterocycles. The van der Waals surface area contributed by atoms with E-state index >= 15 is 0 Å². The smallest absolute Gasteiger partial charge is 0.0707 e. The molecule has 0 amide bonds. The second kappa shape index (κ2) is 9.01. The fraction of sp³-hybridized carbons (Fsp3) is 1.00. The van der Waals surface area contributed by atoms with Gasteiger partial charge in [-0.15, -0.1) is 0 Å². The van der Waals surface area contributed by atoms with Gasteiger partial charge in [-0.1, -0.05) is 26.7 Å². The molecule has 118 valence electrons. The minimum absolute atomic E-state index is 0.459. The summed E-state index contributed by atoms with van der Waals surface area (Å²) in [7, 11) is 0. The molecule has 3 nitrogen and oxygen atoms in total. The van der Waals surface area contributed by atoms with Crippen LogP contribution in [0.4, 0.5) is 0 Å². The summed E-state index contributed by atoms with van der Waals surface area (Å²) >= 11 is 0. The van der Waals surface area contributed by atoms with E-state index in [1.54, 1.807) is 0 Å². The van der Waals surface area contributed by atoms with E-state index in [1.807, 2.05) is 0 Å². The summed E-state index contributed by atoms with van der Waals surface area (Å²) in [5.41, 5.74) is 0. The van der Waals surface area contributed by atoms with Crippen molar-refractivity contribution in [3.63, 3.8) is 0 Å². The van der Waals surface area contributed by atoms with Crippen molar-refractivity contribution >= 4 is 0 Å². The Labute approximate surface area is 125 Å². The zero-order valence-electron chi connectivity index (χ0n) is 13.6. The number of rotatable bonds is 8.